The third kappa shape index (κ3) is 6.01. The van der Waals surface area contributed by atoms with Crippen LogP contribution in [0.2, 0.25) is 0 Å². The van der Waals surface area contributed by atoms with Crippen LogP contribution >= 0.6 is 0 Å². The number of hydrogen-bond acceptors (Lipinski definition) is 3. The van der Waals surface area contributed by atoms with Crippen LogP contribution in [0.4, 0.5) is 17.1 Å². The van der Waals surface area contributed by atoms with Crippen molar-refractivity contribution in [1.29, 1.82) is 0 Å². The Bertz CT molecular complexity index is 3910. The summed E-state index contributed by atoms with van der Waals surface area (Å²) < 4.78 is 4.63. The van der Waals surface area contributed by atoms with Crippen molar-refractivity contribution in [1.82, 2.24) is 19.1 Å². The molecular formula is C60H39N5. The average molecular weight is 830 g/mol. The minimum atomic E-state index is 0.628. The molecule has 0 atom stereocenters. The van der Waals surface area contributed by atoms with Gasteiger partial charge in [0.2, 0.25) is 5.95 Å². The Labute approximate surface area is 375 Å². The summed E-state index contributed by atoms with van der Waals surface area (Å²) >= 11 is 0. The molecule has 304 valence electrons. The van der Waals surface area contributed by atoms with Crippen LogP contribution < -0.4 is 4.90 Å². The van der Waals surface area contributed by atoms with E-state index >= 15 is 0 Å². The van der Waals surface area contributed by atoms with Crippen LogP contribution in [0, 0.1) is 0 Å². The molecule has 5 heteroatoms. The van der Waals surface area contributed by atoms with Gasteiger partial charge in [-0.3, -0.25) is 4.57 Å². The maximum atomic E-state index is 5.57. The van der Waals surface area contributed by atoms with Gasteiger partial charge in [-0.15, -0.1) is 0 Å². The first-order chi connectivity index (χ1) is 32.2. The molecule has 5 nitrogen and oxygen atoms in total. The third-order valence-corrected chi connectivity index (χ3v) is 12.9. The zero-order valence-electron chi connectivity index (χ0n) is 35.3. The molecule has 3 heterocycles. The van der Waals surface area contributed by atoms with Gasteiger partial charge in [-0.2, -0.15) is 0 Å². The van der Waals surface area contributed by atoms with E-state index in [4.69, 9.17) is 9.97 Å². The normalized spacial score (nSPS) is 11.7. The van der Waals surface area contributed by atoms with E-state index in [0.29, 0.717) is 5.95 Å². The summed E-state index contributed by atoms with van der Waals surface area (Å²) in [4.78, 5) is 13.3. The van der Waals surface area contributed by atoms with Crippen LogP contribution in [-0.4, -0.2) is 19.1 Å². The van der Waals surface area contributed by atoms with Gasteiger partial charge >= 0.3 is 0 Å². The van der Waals surface area contributed by atoms with Crippen LogP contribution in [0.25, 0.3) is 99.3 Å². The lowest BCUT2D eigenvalue weighted by Gasteiger charge is -2.26. The first-order valence-corrected chi connectivity index (χ1v) is 22.1. The summed E-state index contributed by atoms with van der Waals surface area (Å²) in [5.41, 5.74) is 13.9. The summed E-state index contributed by atoms with van der Waals surface area (Å²) in [6, 6.07) is 84.5. The molecule has 0 amide bonds. The Morgan fingerprint density at radius 1 is 0.323 bits per heavy atom. The second-order valence-electron chi connectivity index (χ2n) is 16.6. The molecule has 65 heavy (non-hydrogen) atoms. The molecule has 0 aliphatic heterocycles. The first kappa shape index (κ1) is 36.8. The molecule has 0 saturated carbocycles. The standard InChI is InChI=1S/C60H39N5/c1-4-19-43(20-5-1)63(44-21-6-2-7-22-44)46-36-40-18-10-11-25-47(40)53(39-46)41-32-34-51-49-27-14-17-31-56(49)65(58(51)37-41)60-61-54-29-15-12-28-52(54)59(62-60)42-33-35-50-48-26-13-16-30-55(48)64(57(50)38-42)45-23-8-3-9-24-45/h1-39H. The molecular weight excluding hydrogens is 791 g/mol. The summed E-state index contributed by atoms with van der Waals surface area (Å²) in [6.07, 6.45) is 0. The van der Waals surface area contributed by atoms with E-state index in [-0.39, 0.29) is 0 Å². The van der Waals surface area contributed by atoms with Crippen molar-refractivity contribution in [3.05, 3.63) is 237 Å². The van der Waals surface area contributed by atoms with Gasteiger partial charge in [-0.05, 0) is 101 Å². The van der Waals surface area contributed by atoms with E-state index in [9.17, 15) is 0 Å². The SMILES string of the molecule is c1ccc(N(c2ccccc2)c2cc(-c3ccc4c5ccccc5n(-c5nc(-c6ccc7c8ccccc8n(-c8ccccc8)c7c6)c6ccccc6n5)c4c3)c3ccccc3c2)cc1. The highest BCUT2D eigenvalue weighted by atomic mass is 15.2. The zero-order chi connectivity index (χ0) is 42.8. The molecule has 0 aliphatic carbocycles. The Morgan fingerprint density at radius 2 is 0.831 bits per heavy atom. The second-order valence-corrected chi connectivity index (χ2v) is 16.6. The average Bonchev–Trinajstić information content (AvgIpc) is 3.89. The van der Waals surface area contributed by atoms with Crippen LogP contribution in [0.5, 0.6) is 0 Å². The van der Waals surface area contributed by atoms with Crippen molar-refractivity contribution in [3.8, 4) is 34.0 Å². The van der Waals surface area contributed by atoms with E-state index in [1.807, 2.05) is 0 Å². The fourth-order valence-electron chi connectivity index (χ4n) is 9.98. The lowest BCUT2D eigenvalue weighted by Crippen LogP contribution is -2.10. The van der Waals surface area contributed by atoms with Gasteiger partial charge in [0.15, 0.2) is 0 Å². The molecule has 0 unspecified atom stereocenters. The predicted octanol–water partition coefficient (Wildman–Crippen LogP) is 15.8. The largest absolute Gasteiger partial charge is 0.310 e. The van der Waals surface area contributed by atoms with Gasteiger partial charge in [0.25, 0.3) is 0 Å². The summed E-state index contributed by atoms with van der Waals surface area (Å²) in [7, 11) is 0. The molecule has 0 N–H and O–H groups in total. The highest BCUT2D eigenvalue weighted by molar-refractivity contribution is 6.13. The molecule has 0 radical (unpaired) electrons. The molecule has 0 aliphatic rings. The minimum absolute atomic E-state index is 0.628. The summed E-state index contributed by atoms with van der Waals surface area (Å²) in [5, 5.41) is 8.08. The van der Waals surface area contributed by atoms with E-state index < -0.39 is 0 Å². The number of nitrogens with zero attached hydrogens (tertiary/aromatic N) is 5. The Balaban J connectivity index is 1.04. The minimum Gasteiger partial charge on any atom is -0.310 e. The van der Waals surface area contributed by atoms with Crippen molar-refractivity contribution in [2.45, 2.75) is 0 Å². The van der Waals surface area contributed by atoms with Crippen molar-refractivity contribution in [3.63, 3.8) is 0 Å². The van der Waals surface area contributed by atoms with Gasteiger partial charge in [-0.25, -0.2) is 9.97 Å². The van der Waals surface area contributed by atoms with Crippen LogP contribution in [-0.2, 0) is 0 Å². The van der Waals surface area contributed by atoms with E-state index in [0.717, 1.165) is 83.4 Å². The molecule has 0 spiro atoms. The molecule has 0 bridgehead atoms. The fourth-order valence-corrected chi connectivity index (χ4v) is 9.98. The number of hydrogen-bond donors (Lipinski definition) is 0. The smallest absolute Gasteiger partial charge is 0.235 e. The van der Waals surface area contributed by atoms with E-state index in [1.165, 1.54) is 27.1 Å². The summed E-state index contributed by atoms with van der Waals surface area (Å²) in [6.45, 7) is 0. The van der Waals surface area contributed by atoms with Crippen molar-refractivity contribution in [2.75, 3.05) is 4.90 Å². The third-order valence-electron chi connectivity index (χ3n) is 12.9. The van der Waals surface area contributed by atoms with Gasteiger partial charge in [0, 0.05) is 55.2 Å². The number of para-hydroxylation sites is 6. The highest BCUT2D eigenvalue weighted by Crippen LogP contribution is 2.43. The maximum absolute atomic E-state index is 5.57. The van der Waals surface area contributed by atoms with Gasteiger partial charge in [0.1, 0.15) is 0 Å². The second kappa shape index (κ2) is 14.9. The number of rotatable bonds is 7. The first-order valence-electron chi connectivity index (χ1n) is 22.1. The van der Waals surface area contributed by atoms with Crippen LogP contribution in [0.3, 0.4) is 0 Å². The predicted molar refractivity (Wildman–Crippen MR) is 271 cm³/mol. The lowest BCUT2D eigenvalue weighted by atomic mass is 9.96. The van der Waals surface area contributed by atoms with Gasteiger partial charge < -0.3 is 9.47 Å². The van der Waals surface area contributed by atoms with Crippen molar-refractivity contribution >= 4 is 82.3 Å². The fraction of sp³-hybridized carbons (Fsp3) is 0. The van der Waals surface area contributed by atoms with Crippen molar-refractivity contribution in [2.24, 2.45) is 0 Å². The highest BCUT2D eigenvalue weighted by Gasteiger charge is 2.21. The quantitative estimate of drug-likeness (QED) is 0.161. The maximum Gasteiger partial charge on any atom is 0.235 e. The van der Waals surface area contributed by atoms with Crippen LogP contribution in [0.15, 0.2) is 237 Å². The zero-order valence-corrected chi connectivity index (χ0v) is 35.3. The van der Waals surface area contributed by atoms with E-state index in [1.54, 1.807) is 0 Å². The number of aromatic nitrogens is 4. The van der Waals surface area contributed by atoms with Crippen molar-refractivity contribution < 1.29 is 0 Å². The van der Waals surface area contributed by atoms with Gasteiger partial charge in [0.05, 0.1) is 33.3 Å². The Morgan fingerprint density at radius 3 is 1.52 bits per heavy atom. The van der Waals surface area contributed by atoms with Gasteiger partial charge in [-0.1, -0.05) is 158 Å². The molecule has 0 fully saturated rings. The molecule has 13 aromatic rings. The Hall–Kier alpha value is -8.80. The topological polar surface area (TPSA) is 38.9 Å². The molecule has 13 rings (SSSR count). The Kier molecular flexibility index (Phi) is 8.46. The lowest BCUT2D eigenvalue weighted by molar-refractivity contribution is 1.01. The molecule has 10 aromatic carbocycles. The van der Waals surface area contributed by atoms with Crippen LogP contribution in [0.1, 0.15) is 0 Å². The number of fused-ring (bicyclic) bond motifs is 8. The monoisotopic (exact) mass is 829 g/mol. The number of anilines is 3. The van der Waals surface area contributed by atoms with E-state index in [2.05, 4.69) is 251 Å². The molecule has 3 aromatic heterocycles. The molecule has 0 saturated heterocycles. The number of benzene rings is 10. The summed E-state index contributed by atoms with van der Waals surface area (Å²) in [5.74, 6) is 0.628.